The van der Waals surface area contributed by atoms with Crippen molar-refractivity contribution in [2.24, 2.45) is 0 Å². The molecule has 0 N–H and O–H groups in total. The number of rotatable bonds is 3. The zero-order valence-electron chi connectivity index (χ0n) is 12.2. The molecule has 0 fully saturated rings. The van der Waals surface area contributed by atoms with Crippen LogP contribution in [0.3, 0.4) is 0 Å². The molecule has 2 aromatic rings. The number of nitrogens with zero attached hydrogens (tertiary/aromatic N) is 1. The van der Waals surface area contributed by atoms with E-state index in [-0.39, 0.29) is 11.8 Å². The number of carbonyl (C=O) groups is 2. The second-order valence-electron chi connectivity index (χ2n) is 4.81. The topological polar surface area (TPSA) is 46.6 Å². The average molecular weight is 293 g/mol. The lowest BCUT2D eigenvalue weighted by Gasteiger charge is -2.28. The molecule has 0 unspecified atom stereocenters. The summed E-state index contributed by atoms with van der Waals surface area (Å²) in [5.41, 5.74) is 2.05. The SMILES string of the molecule is CCO/C=C1/C(=O)N(c2ccccc2)C(=O)c2ccccc21. The van der Waals surface area contributed by atoms with Crippen molar-refractivity contribution in [3.8, 4) is 0 Å². The fourth-order valence-corrected chi connectivity index (χ4v) is 2.44. The first-order chi connectivity index (χ1) is 10.7. The maximum atomic E-state index is 12.8. The predicted molar refractivity (Wildman–Crippen MR) is 84.3 cm³/mol. The summed E-state index contributed by atoms with van der Waals surface area (Å²) in [6, 6.07) is 16.0. The van der Waals surface area contributed by atoms with Gasteiger partial charge in [0, 0.05) is 11.1 Å². The van der Waals surface area contributed by atoms with Gasteiger partial charge in [0.1, 0.15) is 0 Å². The summed E-state index contributed by atoms with van der Waals surface area (Å²) in [4.78, 5) is 26.6. The van der Waals surface area contributed by atoms with E-state index in [1.54, 1.807) is 48.5 Å². The molecule has 0 bridgehead atoms. The van der Waals surface area contributed by atoms with Crippen molar-refractivity contribution in [3.63, 3.8) is 0 Å². The van der Waals surface area contributed by atoms with Gasteiger partial charge in [-0.2, -0.15) is 0 Å². The maximum Gasteiger partial charge on any atom is 0.269 e. The van der Waals surface area contributed by atoms with Crippen molar-refractivity contribution in [2.45, 2.75) is 6.92 Å². The minimum Gasteiger partial charge on any atom is -0.501 e. The van der Waals surface area contributed by atoms with Crippen molar-refractivity contribution >= 4 is 23.1 Å². The Labute approximate surface area is 128 Å². The highest BCUT2D eigenvalue weighted by Gasteiger charge is 2.35. The highest BCUT2D eigenvalue weighted by Crippen LogP contribution is 2.31. The van der Waals surface area contributed by atoms with E-state index in [9.17, 15) is 9.59 Å². The average Bonchev–Trinajstić information content (AvgIpc) is 2.56. The summed E-state index contributed by atoms with van der Waals surface area (Å²) in [6.07, 6.45) is 1.43. The van der Waals surface area contributed by atoms with Gasteiger partial charge in [0.15, 0.2) is 0 Å². The lowest BCUT2D eigenvalue weighted by molar-refractivity contribution is -0.113. The van der Waals surface area contributed by atoms with Gasteiger partial charge in [-0.1, -0.05) is 36.4 Å². The van der Waals surface area contributed by atoms with Crippen LogP contribution in [0.4, 0.5) is 5.69 Å². The Morgan fingerprint density at radius 2 is 1.55 bits per heavy atom. The maximum absolute atomic E-state index is 12.8. The van der Waals surface area contributed by atoms with Gasteiger partial charge in [-0.15, -0.1) is 0 Å². The first kappa shape index (κ1) is 14.1. The third-order valence-corrected chi connectivity index (χ3v) is 3.47. The van der Waals surface area contributed by atoms with E-state index in [1.165, 1.54) is 11.2 Å². The smallest absolute Gasteiger partial charge is 0.269 e. The number of hydrogen-bond acceptors (Lipinski definition) is 3. The standard InChI is InChI=1S/C18H15NO3/c1-2-22-12-16-14-10-6-7-11-15(14)17(20)19(18(16)21)13-8-4-3-5-9-13/h3-12H,2H2,1H3/b16-12+. The molecule has 1 aliphatic rings. The molecule has 4 heteroatoms. The van der Waals surface area contributed by atoms with E-state index >= 15 is 0 Å². The quantitative estimate of drug-likeness (QED) is 0.496. The number of carbonyl (C=O) groups excluding carboxylic acids is 2. The van der Waals surface area contributed by atoms with Crippen LogP contribution in [-0.4, -0.2) is 18.4 Å². The summed E-state index contributed by atoms with van der Waals surface area (Å²) < 4.78 is 5.30. The van der Waals surface area contributed by atoms with Crippen LogP contribution < -0.4 is 4.90 Å². The Bertz CT molecular complexity index is 750. The van der Waals surface area contributed by atoms with E-state index in [1.807, 2.05) is 13.0 Å². The molecule has 22 heavy (non-hydrogen) atoms. The molecule has 2 amide bonds. The zero-order chi connectivity index (χ0) is 15.5. The van der Waals surface area contributed by atoms with Crippen LogP contribution in [0.25, 0.3) is 5.57 Å². The monoisotopic (exact) mass is 293 g/mol. The second kappa shape index (κ2) is 5.85. The van der Waals surface area contributed by atoms with E-state index in [0.29, 0.717) is 29.0 Å². The van der Waals surface area contributed by atoms with Crippen molar-refractivity contribution in [3.05, 3.63) is 72.0 Å². The Morgan fingerprint density at radius 3 is 2.23 bits per heavy atom. The normalized spacial score (nSPS) is 15.9. The van der Waals surface area contributed by atoms with E-state index in [0.717, 1.165) is 0 Å². The van der Waals surface area contributed by atoms with Crippen LogP contribution in [0.2, 0.25) is 0 Å². The highest BCUT2D eigenvalue weighted by atomic mass is 16.5. The molecule has 0 aliphatic carbocycles. The molecule has 3 rings (SSSR count). The lowest BCUT2D eigenvalue weighted by Crippen LogP contribution is -2.41. The number of benzene rings is 2. The number of hydrogen-bond donors (Lipinski definition) is 0. The molecule has 0 saturated carbocycles. The van der Waals surface area contributed by atoms with E-state index in [2.05, 4.69) is 0 Å². The largest absolute Gasteiger partial charge is 0.501 e. The number of ether oxygens (including phenoxy) is 1. The van der Waals surface area contributed by atoms with Gasteiger partial charge in [0.2, 0.25) is 0 Å². The molecular weight excluding hydrogens is 278 g/mol. The fourth-order valence-electron chi connectivity index (χ4n) is 2.44. The number of amides is 2. The number of imide groups is 1. The Balaban J connectivity index is 2.16. The van der Waals surface area contributed by atoms with Gasteiger partial charge in [0.05, 0.1) is 24.1 Å². The van der Waals surface area contributed by atoms with Crippen LogP contribution in [0.15, 0.2) is 60.9 Å². The Hall–Kier alpha value is -2.88. The van der Waals surface area contributed by atoms with Gasteiger partial charge in [-0.05, 0) is 25.1 Å². The number of anilines is 1. The first-order valence-corrected chi connectivity index (χ1v) is 7.09. The predicted octanol–water partition coefficient (Wildman–Crippen LogP) is 3.25. The van der Waals surface area contributed by atoms with Crippen molar-refractivity contribution < 1.29 is 14.3 Å². The van der Waals surface area contributed by atoms with Crippen LogP contribution in [0.5, 0.6) is 0 Å². The first-order valence-electron chi connectivity index (χ1n) is 7.09. The third-order valence-electron chi connectivity index (χ3n) is 3.47. The number of para-hydroxylation sites is 1. The molecule has 4 nitrogen and oxygen atoms in total. The van der Waals surface area contributed by atoms with Gasteiger partial charge in [0.25, 0.3) is 11.8 Å². The van der Waals surface area contributed by atoms with Crippen molar-refractivity contribution in [1.82, 2.24) is 0 Å². The van der Waals surface area contributed by atoms with Crippen LogP contribution in [0.1, 0.15) is 22.8 Å². The molecule has 1 heterocycles. The Kier molecular flexibility index (Phi) is 3.74. The van der Waals surface area contributed by atoms with Crippen LogP contribution in [0, 0.1) is 0 Å². The van der Waals surface area contributed by atoms with Crippen molar-refractivity contribution in [1.29, 1.82) is 0 Å². The molecule has 0 atom stereocenters. The van der Waals surface area contributed by atoms with Gasteiger partial charge >= 0.3 is 0 Å². The molecule has 110 valence electrons. The molecule has 2 aromatic carbocycles. The van der Waals surface area contributed by atoms with Gasteiger partial charge < -0.3 is 4.74 Å². The summed E-state index contributed by atoms with van der Waals surface area (Å²) in [5, 5.41) is 0. The van der Waals surface area contributed by atoms with Crippen LogP contribution in [-0.2, 0) is 9.53 Å². The second-order valence-corrected chi connectivity index (χ2v) is 4.81. The molecular formula is C18H15NO3. The molecule has 0 spiro atoms. The fraction of sp³-hybridized carbons (Fsp3) is 0.111. The van der Waals surface area contributed by atoms with Crippen molar-refractivity contribution in [2.75, 3.05) is 11.5 Å². The molecule has 0 aromatic heterocycles. The van der Waals surface area contributed by atoms with E-state index < -0.39 is 0 Å². The van der Waals surface area contributed by atoms with Gasteiger partial charge in [-0.3, -0.25) is 9.59 Å². The summed E-state index contributed by atoms with van der Waals surface area (Å²) in [5.74, 6) is -0.691. The summed E-state index contributed by atoms with van der Waals surface area (Å²) >= 11 is 0. The minimum atomic E-state index is -0.372. The molecule has 0 radical (unpaired) electrons. The minimum absolute atomic E-state index is 0.319. The molecule has 1 aliphatic heterocycles. The third kappa shape index (κ3) is 2.29. The zero-order valence-corrected chi connectivity index (χ0v) is 12.2. The van der Waals surface area contributed by atoms with Crippen LogP contribution >= 0.6 is 0 Å². The Morgan fingerprint density at radius 1 is 0.909 bits per heavy atom. The van der Waals surface area contributed by atoms with E-state index in [4.69, 9.17) is 4.74 Å². The lowest BCUT2D eigenvalue weighted by atomic mass is 9.94. The summed E-state index contributed by atoms with van der Waals surface area (Å²) in [7, 11) is 0. The van der Waals surface area contributed by atoms with Gasteiger partial charge in [-0.25, -0.2) is 4.90 Å². The molecule has 0 saturated heterocycles. The highest BCUT2D eigenvalue weighted by molar-refractivity contribution is 6.40. The summed E-state index contributed by atoms with van der Waals surface area (Å²) in [6.45, 7) is 2.30. The number of fused-ring (bicyclic) bond motifs is 1.